The van der Waals surface area contributed by atoms with E-state index in [0.717, 1.165) is 48.5 Å². The zero-order valence-electron chi connectivity index (χ0n) is 14.8. The van der Waals surface area contributed by atoms with Crippen LogP contribution in [0.25, 0.3) is 0 Å². The van der Waals surface area contributed by atoms with Crippen molar-refractivity contribution in [2.24, 2.45) is 0 Å². The van der Waals surface area contributed by atoms with Gasteiger partial charge in [0.05, 0.1) is 6.67 Å². The van der Waals surface area contributed by atoms with Crippen molar-refractivity contribution in [3.8, 4) is 0 Å². The van der Waals surface area contributed by atoms with Gasteiger partial charge in [0, 0.05) is 43.4 Å². The van der Waals surface area contributed by atoms with Gasteiger partial charge < -0.3 is 9.47 Å². The molecule has 0 N–H and O–H groups in total. The Morgan fingerprint density at radius 1 is 1.24 bits per heavy atom. The third kappa shape index (κ3) is 3.97. The van der Waals surface area contributed by atoms with Gasteiger partial charge in [-0.15, -0.1) is 6.58 Å². The van der Waals surface area contributed by atoms with Gasteiger partial charge in [0.2, 0.25) is 0 Å². The number of aryl methyl sites for hydroxylation is 2. The van der Waals surface area contributed by atoms with Gasteiger partial charge >= 0.3 is 0 Å². The Morgan fingerprint density at radius 3 is 2.64 bits per heavy atom. The van der Waals surface area contributed by atoms with Crippen LogP contribution in [-0.2, 0) is 13.2 Å². The highest BCUT2D eigenvalue weighted by Gasteiger charge is 2.20. The lowest BCUT2D eigenvalue weighted by Crippen LogP contribution is -2.47. The molecule has 0 atom stereocenters. The average Bonchev–Trinajstić information content (AvgIpc) is 2.86. The minimum atomic E-state index is 0.701. The molecule has 3 rings (SSSR count). The molecule has 0 bridgehead atoms. The lowest BCUT2D eigenvalue weighted by atomic mass is 10.1. The summed E-state index contributed by atoms with van der Waals surface area (Å²) in [4.78, 5) is 4.79. The first-order valence-corrected chi connectivity index (χ1v) is 9.27. The molecule has 1 aliphatic heterocycles. The molecule has 1 aromatic carbocycles. The second kappa shape index (κ2) is 7.72. The highest BCUT2D eigenvalue weighted by Crippen LogP contribution is 2.25. The van der Waals surface area contributed by atoms with Gasteiger partial charge in [-0.3, -0.25) is 4.90 Å². The molecule has 1 fully saturated rings. The molecule has 2 aromatic rings. The average molecular weight is 378 g/mol. The highest BCUT2D eigenvalue weighted by atomic mass is 35.5. The SMILES string of the molecule is C=CCn1c(C)nn(CN2CCN(c3cc(Cl)ccc3C)CC2)c1=S. The van der Waals surface area contributed by atoms with Crippen molar-refractivity contribution in [1.29, 1.82) is 0 Å². The van der Waals surface area contributed by atoms with E-state index in [-0.39, 0.29) is 0 Å². The minimum absolute atomic E-state index is 0.701. The molecule has 0 unspecified atom stereocenters. The summed E-state index contributed by atoms with van der Waals surface area (Å²) < 4.78 is 4.67. The van der Waals surface area contributed by atoms with E-state index >= 15 is 0 Å². The predicted octanol–water partition coefficient (Wildman–Crippen LogP) is 3.65. The van der Waals surface area contributed by atoms with Crippen LogP contribution in [0.3, 0.4) is 0 Å². The van der Waals surface area contributed by atoms with Gasteiger partial charge in [0.1, 0.15) is 5.82 Å². The normalized spacial score (nSPS) is 15.6. The third-order valence-corrected chi connectivity index (χ3v) is 5.30. The summed E-state index contributed by atoms with van der Waals surface area (Å²) in [6, 6.07) is 6.08. The van der Waals surface area contributed by atoms with E-state index < -0.39 is 0 Å². The van der Waals surface area contributed by atoms with Crippen molar-refractivity contribution >= 4 is 29.5 Å². The summed E-state index contributed by atoms with van der Waals surface area (Å²) in [7, 11) is 0. The van der Waals surface area contributed by atoms with Gasteiger partial charge in [0.25, 0.3) is 0 Å². The van der Waals surface area contributed by atoms with E-state index in [9.17, 15) is 0 Å². The van der Waals surface area contributed by atoms with Crippen molar-refractivity contribution < 1.29 is 0 Å². The summed E-state index contributed by atoms with van der Waals surface area (Å²) in [5, 5.41) is 5.37. The Hall–Kier alpha value is -1.63. The Morgan fingerprint density at radius 2 is 1.96 bits per heavy atom. The van der Waals surface area contributed by atoms with Crippen LogP contribution in [-0.4, -0.2) is 45.4 Å². The minimum Gasteiger partial charge on any atom is -0.369 e. The summed E-state index contributed by atoms with van der Waals surface area (Å²) >= 11 is 11.7. The van der Waals surface area contributed by atoms with Gasteiger partial charge in [-0.25, -0.2) is 4.68 Å². The molecule has 25 heavy (non-hydrogen) atoms. The fourth-order valence-electron chi connectivity index (χ4n) is 3.22. The highest BCUT2D eigenvalue weighted by molar-refractivity contribution is 7.71. The zero-order valence-corrected chi connectivity index (χ0v) is 16.4. The predicted molar refractivity (Wildman–Crippen MR) is 106 cm³/mol. The number of anilines is 1. The number of allylic oxidation sites excluding steroid dienone is 1. The summed E-state index contributed by atoms with van der Waals surface area (Å²) in [6.07, 6.45) is 1.85. The number of rotatable bonds is 5. The molecule has 0 amide bonds. The summed E-state index contributed by atoms with van der Waals surface area (Å²) in [6.45, 7) is 13.2. The molecular weight excluding hydrogens is 354 g/mol. The molecule has 0 spiro atoms. The standard InChI is InChI=1S/C18H24ClN5S/c1-4-7-23-15(3)20-24(18(23)25)13-21-8-10-22(11-9-21)17-12-16(19)6-5-14(17)2/h4-6,12H,1,7-11,13H2,2-3H3. The number of benzene rings is 1. The van der Waals surface area contributed by atoms with Crippen LogP contribution in [0.5, 0.6) is 0 Å². The van der Waals surface area contributed by atoms with Crippen molar-refractivity contribution in [3.05, 3.63) is 52.0 Å². The van der Waals surface area contributed by atoms with Crippen molar-refractivity contribution in [2.45, 2.75) is 27.1 Å². The second-order valence-corrected chi connectivity index (χ2v) is 7.21. The zero-order chi connectivity index (χ0) is 18.0. The molecule has 0 radical (unpaired) electrons. The van der Waals surface area contributed by atoms with Gasteiger partial charge in [-0.1, -0.05) is 23.7 Å². The Kier molecular flexibility index (Phi) is 5.61. The molecule has 1 aliphatic rings. The molecule has 7 heteroatoms. The smallest absolute Gasteiger partial charge is 0.199 e. The largest absolute Gasteiger partial charge is 0.369 e. The molecule has 0 aliphatic carbocycles. The van der Waals surface area contributed by atoms with Crippen LogP contribution in [0.2, 0.25) is 5.02 Å². The lowest BCUT2D eigenvalue weighted by Gasteiger charge is -2.36. The Balaban J connectivity index is 1.65. The van der Waals surface area contributed by atoms with Crippen molar-refractivity contribution in [1.82, 2.24) is 19.2 Å². The Bertz CT molecular complexity index is 817. The maximum atomic E-state index is 6.16. The van der Waals surface area contributed by atoms with Crippen LogP contribution in [0.4, 0.5) is 5.69 Å². The molecule has 1 aromatic heterocycles. The first kappa shape index (κ1) is 18.2. The van der Waals surface area contributed by atoms with E-state index in [1.165, 1.54) is 11.3 Å². The number of hydrogen-bond donors (Lipinski definition) is 0. The van der Waals surface area contributed by atoms with Gasteiger partial charge in [-0.05, 0) is 43.8 Å². The molecular formula is C18H24ClN5S. The van der Waals surface area contributed by atoms with Gasteiger partial charge in [-0.2, -0.15) is 5.10 Å². The molecule has 134 valence electrons. The fraction of sp³-hybridized carbons (Fsp3) is 0.444. The quantitative estimate of drug-likeness (QED) is 0.587. The van der Waals surface area contributed by atoms with Crippen LogP contribution < -0.4 is 4.90 Å². The van der Waals surface area contributed by atoms with E-state index in [4.69, 9.17) is 23.8 Å². The van der Waals surface area contributed by atoms with E-state index in [1.807, 2.05) is 28.3 Å². The number of nitrogens with zero attached hydrogens (tertiary/aromatic N) is 5. The number of aromatic nitrogens is 3. The van der Waals surface area contributed by atoms with Crippen LogP contribution in [0, 0.1) is 18.6 Å². The Labute approximate surface area is 159 Å². The van der Waals surface area contributed by atoms with Crippen molar-refractivity contribution in [2.75, 3.05) is 31.1 Å². The first-order chi connectivity index (χ1) is 12.0. The molecule has 1 saturated heterocycles. The third-order valence-electron chi connectivity index (χ3n) is 4.64. The number of halogens is 1. The molecule has 5 nitrogen and oxygen atoms in total. The number of piperazine rings is 1. The van der Waals surface area contributed by atoms with Crippen LogP contribution in [0.1, 0.15) is 11.4 Å². The topological polar surface area (TPSA) is 29.2 Å². The molecule has 2 heterocycles. The summed E-state index contributed by atoms with van der Waals surface area (Å²) in [5.41, 5.74) is 2.49. The van der Waals surface area contributed by atoms with Crippen molar-refractivity contribution in [3.63, 3.8) is 0 Å². The van der Waals surface area contributed by atoms with E-state index in [0.29, 0.717) is 6.54 Å². The molecule has 0 saturated carbocycles. The van der Waals surface area contributed by atoms with E-state index in [2.05, 4.69) is 40.5 Å². The van der Waals surface area contributed by atoms with Gasteiger partial charge in [0.15, 0.2) is 4.77 Å². The lowest BCUT2D eigenvalue weighted by molar-refractivity contribution is 0.194. The number of hydrogen-bond acceptors (Lipinski definition) is 4. The van der Waals surface area contributed by atoms with E-state index in [1.54, 1.807) is 0 Å². The monoisotopic (exact) mass is 377 g/mol. The first-order valence-electron chi connectivity index (χ1n) is 8.48. The maximum absolute atomic E-state index is 6.16. The summed E-state index contributed by atoms with van der Waals surface area (Å²) in [5.74, 6) is 0.929. The fourth-order valence-corrected chi connectivity index (χ4v) is 3.70. The van der Waals surface area contributed by atoms with Crippen LogP contribution in [0.15, 0.2) is 30.9 Å². The van der Waals surface area contributed by atoms with Crippen LogP contribution >= 0.6 is 23.8 Å². The second-order valence-electron chi connectivity index (χ2n) is 6.41. The maximum Gasteiger partial charge on any atom is 0.199 e.